The Balaban J connectivity index is -0.00000000849. The zero-order valence-corrected chi connectivity index (χ0v) is 136. The first-order chi connectivity index (χ1) is 40.9. The minimum absolute atomic E-state index is 0. The van der Waals surface area contributed by atoms with Crippen LogP contribution in [0.25, 0.3) is 0 Å². The summed E-state index contributed by atoms with van der Waals surface area (Å²) >= 11 is 0. The monoisotopic (exact) mass is 3510 g/mol. The van der Waals surface area contributed by atoms with Crippen molar-refractivity contribution in [2.24, 2.45) is 0 Å². The summed E-state index contributed by atoms with van der Waals surface area (Å²) in [5.74, 6) is 0. The van der Waals surface area contributed by atoms with Crippen molar-refractivity contribution in [1.29, 1.82) is 0 Å². The van der Waals surface area contributed by atoms with Crippen LogP contribution < -0.4 is 0 Å². The maximum absolute atomic E-state index is 8.58. The van der Waals surface area contributed by atoms with E-state index in [0.717, 1.165) is 0 Å². The molecule has 915 valence electrons. The van der Waals surface area contributed by atoms with Gasteiger partial charge in [-0.2, -0.15) is 0 Å². The molecule has 0 bridgehead atoms. The summed E-state index contributed by atoms with van der Waals surface area (Å²) in [6, 6.07) is 8.66. The van der Waals surface area contributed by atoms with Crippen molar-refractivity contribution >= 4 is 0 Å². The van der Waals surface area contributed by atoms with Crippen LogP contribution in [0.1, 0.15) is 379 Å². The van der Waals surface area contributed by atoms with E-state index in [0.29, 0.717) is 5.56 Å². The molecule has 0 aliphatic carbocycles. The van der Waals surface area contributed by atoms with Crippen LogP contribution in [0, 0.1) is 104 Å². The van der Waals surface area contributed by atoms with Crippen LogP contribution in [0.4, 0.5) is 0 Å². The van der Waals surface area contributed by atoms with E-state index in [4.69, 9.17) is 107 Å². The Hall–Kier alpha value is 7.40. The Kier molecular flexibility index (Phi) is 576. The van der Waals surface area contributed by atoms with Gasteiger partial charge in [-0.05, 0) is 367 Å². The Morgan fingerprint density at radius 1 is 0.169 bits per heavy atom. The molecular formula is C93H260Nb9O36Ta4-2. The van der Waals surface area contributed by atoms with E-state index in [1.165, 1.54) is 0 Å². The van der Waals surface area contributed by atoms with E-state index < -0.39 is 107 Å². The van der Waals surface area contributed by atoms with E-state index in [1.54, 1.807) is 391 Å². The van der Waals surface area contributed by atoms with E-state index in [1.807, 2.05) is 6.07 Å². The molecule has 0 heterocycles. The van der Waals surface area contributed by atoms with Crippen LogP contribution in [0.2, 0.25) is 0 Å². The number of hydrogen-bond donors (Lipinski definition) is 21. The zero-order valence-electron chi connectivity index (χ0n) is 103. The molecule has 0 aliphatic rings. The van der Waals surface area contributed by atoms with Gasteiger partial charge in [0.15, 0.2) is 6.29 Å². The number of hydrogen-bond acceptors (Lipinski definition) is 21. The Labute approximate surface area is 1090 Å². The quantitative estimate of drug-likeness (QED) is 0.0772. The third-order valence-corrected chi connectivity index (χ3v) is 1.48. The van der Waals surface area contributed by atoms with Crippen LogP contribution in [-0.2, 0) is 291 Å². The molecule has 1 rings (SSSR count). The predicted octanol–water partition coefficient (Wildman–Crippen LogP) is 7.53. The molecule has 0 aromatic heterocycles. The molecule has 0 atom stereocenters. The Morgan fingerprint density at radius 2 is 0.211 bits per heavy atom. The average Bonchev–Trinajstić information content (AvgIpc) is 3.03. The summed E-state index contributed by atoms with van der Waals surface area (Å²) in [7, 11) is 0. The van der Waals surface area contributed by atoms with E-state index in [9.17, 15) is 0 Å². The molecule has 142 heavy (non-hydrogen) atoms. The summed E-state index contributed by atoms with van der Waals surface area (Å²) in [4.78, 5) is 0. The standard InChI is InChI=1S/C7H8O2.C4H10O2.17C4H10O.14CH3.9Nb.15H2O.4Ta/c8-7(9)6-4-2-1-3-5-6;1-4(2,6)3-5;17*1-4(2,3)5;;;;;;;;;;;;;;;;;;;;;;;;;;;;;;;;;;;;;;;;;;/h1-5,7-9H;5-6H,3H2,1-2H3;17*5H,1-3H3;14*1H3;;;;;;;;;;15*1H2;;;;/q;;;;;;;;;;;;;;;;;;;14*-1;;;;;;4*+2;;;;;;;;;;;;;;;;;;2*+2. The molecule has 0 fully saturated rings. The van der Waals surface area contributed by atoms with Gasteiger partial charge in [-0.3, -0.25) is 0 Å². The summed E-state index contributed by atoms with van der Waals surface area (Å²) in [6.45, 7) is 91.8. The summed E-state index contributed by atoms with van der Waals surface area (Å²) in [6.07, 6.45) is -1.34. The van der Waals surface area contributed by atoms with E-state index in [2.05, 4.69) is 0 Å². The van der Waals surface area contributed by atoms with Gasteiger partial charge in [0, 0.05) is 162 Å². The Morgan fingerprint density at radius 3 is 0.232 bits per heavy atom. The van der Waals surface area contributed by atoms with Gasteiger partial charge >= 0.3 is 134 Å². The first-order valence-corrected chi connectivity index (χ1v) is 33.9. The van der Waals surface area contributed by atoms with E-state index in [-0.39, 0.29) is 484 Å². The predicted molar refractivity (Wildman–Crippen MR) is 575 cm³/mol. The normalized spacial score (nSPS) is 8.33. The third-order valence-electron chi connectivity index (χ3n) is 1.48. The van der Waals surface area contributed by atoms with Crippen molar-refractivity contribution in [3.8, 4) is 0 Å². The van der Waals surface area contributed by atoms with Crippen molar-refractivity contribution in [3.05, 3.63) is 140 Å². The molecule has 1 aromatic rings. The third kappa shape index (κ3) is 6290. The van der Waals surface area contributed by atoms with Gasteiger partial charge in [-0.1, -0.05) is 30.3 Å². The molecule has 51 N–H and O–H groups in total. The van der Waals surface area contributed by atoms with Gasteiger partial charge < -0.3 is 293 Å². The molecule has 36 nitrogen and oxygen atoms in total. The maximum Gasteiger partial charge on any atom is 2.00 e. The molecular weight excluding hydrogens is 3250 g/mol. The molecule has 0 spiro atoms. The number of aliphatic hydroxyl groups excluding tert-OH is 2. The summed E-state index contributed by atoms with van der Waals surface area (Å²) in [5, 5.41) is 179. The topological polar surface area (TPSA) is 897 Å². The van der Waals surface area contributed by atoms with Crippen LogP contribution in [0.3, 0.4) is 0 Å². The molecule has 0 saturated heterocycles. The van der Waals surface area contributed by atoms with Crippen molar-refractivity contribution in [1.82, 2.24) is 0 Å². The number of benzene rings is 1. The van der Waals surface area contributed by atoms with Crippen molar-refractivity contribution in [2.45, 2.75) is 474 Å². The number of rotatable bonds is 2. The second-order valence-corrected chi connectivity index (χ2v) is 40.7. The first-order valence-electron chi connectivity index (χ1n) is 33.9. The fraction of sp³-hybridized carbons (Fsp3) is 0.785. The van der Waals surface area contributed by atoms with Gasteiger partial charge in [0.05, 0.1) is 107 Å². The van der Waals surface area contributed by atoms with Crippen LogP contribution in [0.5, 0.6) is 0 Å². The second-order valence-electron chi connectivity index (χ2n) is 40.7. The smallest absolute Gasteiger partial charge is 0.412 e. The van der Waals surface area contributed by atoms with Crippen molar-refractivity contribution in [3.63, 3.8) is 0 Å². The molecule has 49 heteroatoms. The Bertz CT molecular complexity index is 1300. The average molecular weight is 3520 g/mol. The fourth-order valence-electron chi connectivity index (χ4n) is 0.625. The summed E-state index contributed by atoms with van der Waals surface area (Å²) < 4.78 is 0. The van der Waals surface area contributed by atoms with Gasteiger partial charge in [-0.25, -0.2) is 0 Å². The van der Waals surface area contributed by atoms with E-state index >= 15 is 0 Å². The van der Waals surface area contributed by atoms with Crippen LogP contribution in [-0.4, -0.2) is 297 Å². The van der Waals surface area contributed by atoms with Gasteiger partial charge in [0.1, 0.15) is 0 Å². The molecule has 0 saturated carbocycles. The molecule has 0 unspecified atom stereocenters. The molecule has 0 aliphatic heterocycles. The largest absolute Gasteiger partial charge is 2.00 e. The fourth-order valence-corrected chi connectivity index (χ4v) is 0.625. The minimum Gasteiger partial charge on any atom is -0.412 e. The van der Waals surface area contributed by atoms with Crippen molar-refractivity contribution < 1.29 is 480 Å². The van der Waals surface area contributed by atoms with Crippen LogP contribution >= 0.6 is 0 Å². The van der Waals surface area contributed by atoms with Crippen LogP contribution in [0.15, 0.2) is 30.3 Å². The molecule has 13 radical (unpaired) electrons. The number of aliphatic hydroxyl groups is 21. The van der Waals surface area contributed by atoms with Gasteiger partial charge in [0.2, 0.25) is 0 Å². The molecule has 1 aromatic carbocycles. The first kappa shape index (κ1) is 412. The van der Waals surface area contributed by atoms with Crippen molar-refractivity contribution in [2.75, 3.05) is 6.61 Å². The zero-order chi connectivity index (χ0) is 88.4. The van der Waals surface area contributed by atoms with Gasteiger partial charge in [0.25, 0.3) is 0 Å². The second kappa shape index (κ2) is 199. The summed E-state index contributed by atoms with van der Waals surface area (Å²) in [5.41, 5.74) is -8.88. The SMILES string of the molecule is CC(C)(C)O.CC(C)(C)O.CC(C)(C)O.CC(C)(C)O.CC(C)(C)O.CC(C)(C)O.CC(C)(C)O.CC(C)(C)O.CC(C)(C)O.CC(C)(C)O.CC(C)(C)O.CC(C)(C)O.CC(C)(C)O.CC(C)(C)O.CC(C)(C)O.CC(C)(C)O.CC(C)(C)O.CC(C)(O)CO.O.O.O.O.O.O.O.O.O.O.O.O.O.O.O.OC(O)c1ccccc1.[CH3-].[CH3-].[CH3-].[CH3-].[CH3-].[CH3-].[CH3-].[CH3-].[CH3-].[CH3-].[CH3-].[CH3-].[CH3-].[CH3-].[Nb+2].[Nb+2].[Nb+2].[Nb+2].[Nb].[Nb].[Nb].[Nb].[Nb].[Ta+2].[Ta+2].[Ta].[Ta]. The molecule has 0 amide bonds. The minimum atomic E-state index is -1.34. The van der Waals surface area contributed by atoms with Gasteiger partial charge in [-0.15, -0.1) is 0 Å². The maximum atomic E-state index is 8.58.